The van der Waals surface area contributed by atoms with Crippen molar-refractivity contribution in [3.8, 4) is 0 Å². The minimum absolute atomic E-state index is 0.0440. The Morgan fingerprint density at radius 1 is 1.27 bits per heavy atom. The normalized spacial score (nSPS) is 20.9. The molecule has 0 aromatic heterocycles. The topological polar surface area (TPSA) is 64.6 Å². The first-order valence-electron chi connectivity index (χ1n) is 8.70. The van der Waals surface area contributed by atoms with Crippen LogP contribution in [-0.4, -0.2) is 35.1 Å². The molecule has 0 bridgehead atoms. The van der Waals surface area contributed by atoms with E-state index in [1.807, 2.05) is 52.0 Å². The molecule has 0 atom stereocenters. The van der Waals surface area contributed by atoms with Gasteiger partial charge in [-0.1, -0.05) is 30.0 Å². The zero-order valence-electron chi connectivity index (χ0n) is 15.8. The molecule has 7 heteroatoms. The summed E-state index contributed by atoms with van der Waals surface area (Å²) in [7, 11) is -0.521. The molecule has 0 radical (unpaired) electrons. The Balaban J connectivity index is 1.97. The number of thioether (sulfide) groups is 1. The fourth-order valence-corrected chi connectivity index (χ4v) is 3.56. The fraction of sp³-hybridized carbons (Fsp3) is 0.474. The van der Waals surface area contributed by atoms with Gasteiger partial charge < -0.3 is 14.6 Å². The summed E-state index contributed by atoms with van der Waals surface area (Å²) in [5.74, 6) is 0.433. The maximum absolute atomic E-state index is 11.9. The van der Waals surface area contributed by atoms with Gasteiger partial charge in [-0.2, -0.15) is 0 Å². The van der Waals surface area contributed by atoms with Crippen LogP contribution in [0.5, 0.6) is 0 Å². The molecule has 1 saturated heterocycles. The van der Waals surface area contributed by atoms with Gasteiger partial charge >= 0.3 is 7.12 Å². The van der Waals surface area contributed by atoms with Gasteiger partial charge in [-0.15, -0.1) is 0 Å². The van der Waals surface area contributed by atoms with Gasteiger partial charge in [0.05, 0.1) is 11.2 Å². The van der Waals surface area contributed by atoms with Crippen LogP contribution in [0.4, 0.5) is 0 Å². The molecule has 3 rings (SSSR count). The monoisotopic (exact) mass is 373 g/mol. The lowest BCUT2D eigenvalue weighted by atomic mass is 9.78. The summed E-state index contributed by atoms with van der Waals surface area (Å²) in [4.78, 5) is 23.4. The number of nitrogens with one attached hydrogen (secondary N) is 1. The van der Waals surface area contributed by atoms with Crippen molar-refractivity contribution in [3.05, 3.63) is 40.4 Å². The molecule has 0 aliphatic carbocycles. The van der Waals surface area contributed by atoms with E-state index in [4.69, 9.17) is 9.31 Å². The largest absolute Gasteiger partial charge is 0.491 e. The number of carbonyl (C=O) groups excluding carboxylic acids is 2. The average molecular weight is 373 g/mol. The van der Waals surface area contributed by atoms with Gasteiger partial charge in [-0.3, -0.25) is 9.59 Å². The maximum atomic E-state index is 11.9. The van der Waals surface area contributed by atoms with Gasteiger partial charge in [-0.25, -0.2) is 0 Å². The number of rotatable bonds is 4. The number of benzene rings is 1. The molecule has 1 aromatic rings. The van der Waals surface area contributed by atoms with E-state index in [1.54, 1.807) is 6.92 Å². The molecular formula is C19H24BNO4S. The van der Waals surface area contributed by atoms with Gasteiger partial charge in [-0.05, 0) is 50.4 Å². The van der Waals surface area contributed by atoms with E-state index < -0.39 is 18.3 Å². The lowest BCUT2D eigenvalue weighted by Gasteiger charge is -2.32. The molecule has 2 aliphatic heterocycles. The van der Waals surface area contributed by atoms with Crippen molar-refractivity contribution in [1.29, 1.82) is 0 Å². The van der Waals surface area contributed by atoms with E-state index in [0.29, 0.717) is 17.9 Å². The van der Waals surface area contributed by atoms with Crippen molar-refractivity contribution < 1.29 is 18.9 Å². The Bertz CT molecular complexity index is 772. The van der Waals surface area contributed by atoms with Crippen LogP contribution in [-0.2, 0) is 20.6 Å². The van der Waals surface area contributed by atoms with Gasteiger partial charge in [0.15, 0.2) is 5.12 Å². The molecule has 2 aliphatic rings. The highest BCUT2D eigenvalue weighted by molar-refractivity contribution is 8.13. The summed E-state index contributed by atoms with van der Waals surface area (Å²) >= 11 is 1.23. The van der Waals surface area contributed by atoms with Crippen LogP contribution in [0.1, 0.15) is 56.1 Å². The zero-order valence-corrected chi connectivity index (χ0v) is 16.7. The number of fused-ring (bicyclic) bond motifs is 1. The molecule has 1 aromatic carbocycles. The van der Waals surface area contributed by atoms with E-state index >= 15 is 0 Å². The Hall–Kier alpha value is -1.57. The van der Waals surface area contributed by atoms with Gasteiger partial charge in [0.2, 0.25) is 0 Å². The van der Waals surface area contributed by atoms with Crippen LogP contribution in [0.15, 0.2) is 23.7 Å². The molecule has 26 heavy (non-hydrogen) atoms. The first-order valence-corrected chi connectivity index (χ1v) is 9.69. The SMILES string of the molecule is CC(=O)SCC(=Cc1cccc2c1CNC2=O)B1OC(C)(C)C(C)(C)O1. The van der Waals surface area contributed by atoms with E-state index in [-0.39, 0.29) is 11.0 Å². The van der Waals surface area contributed by atoms with Crippen molar-refractivity contribution in [2.45, 2.75) is 52.4 Å². The van der Waals surface area contributed by atoms with Crippen LogP contribution < -0.4 is 5.32 Å². The zero-order chi connectivity index (χ0) is 19.1. The van der Waals surface area contributed by atoms with Crippen LogP contribution in [0, 0.1) is 0 Å². The minimum atomic E-state index is -0.521. The van der Waals surface area contributed by atoms with Crippen molar-refractivity contribution in [3.63, 3.8) is 0 Å². The number of hydrogen-bond donors (Lipinski definition) is 1. The highest BCUT2D eigenvalue weighted by Gasteiger charge is 2.52. The van der Waals surface area contributed by atoms with Crippen LogP contribution in [0.2, 0.25) is 0 Å². The molecule has 0 unspecified atom stereocenters. The molecule has 2 heterocycles. The van der Waals surface area contributed by atoms with E-state index in [1.165, 1.54) is 11.8 Å². The predicted octanol–water partition coefficient (Wildman–Crippen LogP) is 3.22. The van der Waals surface area contributed by atoms with Gasteiger partial charge in [0.25, 0.3) is 5.91 Å². The second kappa shape index (κ2) is 6.87. The highest BCUT2D eigenvalue weighted by Crippen LogP contribution is 2.39. The summed E-state index contributed by atoms with van der Waals surface area (Å²) in [5, 5.41) is 2.90. The van der Waals surface area contributed by atoms with Gasteiger partial charge in [0, 0.05) is 24.8 Å². The number of carbonyl (C=O) groups is 2. The molecule has 1 fully saturated rings. The standard InChI is InChI=1S/C19H24BNO4S/c1-12(22)26-11-14(20-24-18(2,3)19(4,5)25-20)9-13-7-6-8-15-16(13)10-21-17(15)23/h6-9H,10-11H2,1-5H3,(H,21,23). The Kier molecular flexibility index (Phi) is 5.07. The first-order chi connectivity index (χ1) is 12.1. The van der Waals surface area contributed by atoms with E-state index in [2.05, 4.69) is 5.32 Å². The molecule has 138 valence electrons. The fourth-order valence-electron chi connectivity index (χ4n) is 2.97. The summed E-state index contributed by atoms with van der Waals surface area (Å²) in [6, 6.07) is 5.67. The quantitative estimate of drug-likeness (QED) is 0.821. The van der Waals surface area contributed by atoms with Crippen molar-refractivity contribution >= 4 is 36.0 Å². The second-order valence-corrected chi connectivity index (χ2v) is 8.80. The molecule has 5 nitrogen and oxygen atoms in total. The lowest BCUT2D eigenvalue weighted by Crippen LogP contribution is -2.41. The highest BCUT2D eigenvalue weighted by atomic mass is 32.2. The van der Waals surface area contributed by atoms with E-state index in [0.717, 1.165) is 16.6 Å². The summed E-state index contributed by atoms with van der Waals surface area (Å²) in [6.07, 6.45) is 2.00. The smallest absolute Gasteiger partial charge is 0.400 e. The molecule has 0 saturated carbocycles. The van der Waals surface area contributed by atoms with Crippen molar-refractivity contribution in [1.82, 2.24) is 5.32 Å². The number of hydrogen-bond acceptors (Lipinski definition) is 5. The summed E-state index contributed by atoms with van der Waals surface area (Å²) in [6.45, 7) is 10.1. The number of amides is 1. The Morgan fingerprint density at radius 3 is 2.54 bits per heavy atom. The molecule has 1 amide bonds. The molecule has 0 spiro atoms. The third-order valence-corrected chi connectivity index (χ3v) is 6.11. The predicted molar refractivity (Wildman–Crippen MR) is 105 cm³/mol. The van der Waals surface area contributed by atoms with Crippen LogP contribution >= 0.6 is 11.8 Å². The molecule has 1 N–H and O–H groups in total. The second-order valence-electron chi connectivity index (χ2n) is 7.64. The van der Waals surface area contributed by atoms with Gasteiger partial charge in [0.1, 0.15) is 0 Å². The third kappa shape index (κ3) is 3.61. The van der Waals surface area contributed by atoms with Crippen LogP contribution in [0.25, 0.3) is 6.08 Å². The summed E-state index contributed by atoms with van der Waals surface area (Å²) in [5.41, 5.74) is 2.61. The minimum Gasteiger partial charge on any atom is -0.400 e. The van der Waals surface area contributed by atoms with Crippen molar-refractivity contribution in [2.75, 3.05) is 5.75 Å². The first kappa shape index (κ1) is 19.2. The maximum Gasteiger partial charge on any atom is 0.491 e. The molecular weight excluding hydrogens is 349 g/mol. The lowest BCUT2D eigenvalue weighted by molar-refractivity contribution is -0.109. The van der Waals surface area contributed by atoms with E-state index in [9.17, 15) is 9.59 Å². The van der Waals surface area contributed by atoms with Crippen molar-refractivity contribution in [2.24, 2.45) is 0 Å². The average Bonchev–Trinajstić information content (AvgIpc) is 3.01. The van der Waals surface area contributed by atoms with Crippen LogP contribution in [0.3, 0.4) is 0 Å². The Morgan fingerprint density at radius 2 is 1.92 bits per heavy atom. The third-order valence-electron chi connectivity index (χ3n) is 5.22. The summed E-state index contributed by atoms with van der Waals surface area (Å²) < 4.78 is 12.3. The Labute approximate surface area is 159 Å².